The van der Waals surface area contributed by atoms with Crippen molar-refractivity contribution in [3.8, 4) is 0 Å². The molecule has 1 heterocycles. The fourth-order valence-corrected chi connectivity index (χ4v) is 3.64. The molecular formula is C13H13BrN2S. The maximum atomic E-state index is 5.76. The van der Waals surface area contributed by atoms with E-state index in [0.29, 0.717) is 11.0 Å². The smallest absolute Gasteiger partial charge is 0.180 e. The Morgan fingerprint density at radius 1 is 1.29 bits per heavy atom. The van der Waals surface area contributed by atoms with Crippen LogP contribution in [0.15, 0.2) is 28.7 Å². The molecule has 1 aromatic heterocycles. The Morgan fingerprint density at radius 3 is 2.82 bits per heavy atom. The van der Waals surface area contributed by atoms with Gasteiger partial charge in [0.15, 0.2) is 5.13 Å². The number of aryl methyl sites for hydroxylation is 1. The Balaban J connectivity index is 1.86. The normalized spacial score (nSPS) is 19.0. The number of benzene rings is 1. The molecule has 0 fully saturated rings. The molecule has 0 bridgehead atoms. The number of anilines is 1. The van der Waals surface area contributed by atoms with Crippen LogP contribution < -0.4 is 5.73 Å². The zero-order valence-electron chi connectivity index (χ0n) is 9.32. The van der Waals surface area contributed by atoms with Gasteiger partial charge in [0, 0.05) is 9.35 Å². The summed E-state index contributed by atoms with van der Waals surface area (Å²) < 4.78 is 1.14. The molecule has 0 aliphatic heterocycles. The van der Waals surface area contributed by atoms with Crippen LogP contribution in [0.1, 0.15) is 28.5 Å². The Kier molecular flexibility index (Phi) is 2.92. The Bertz CT molecular complexity index is 533. The summed E-state index contributed by atoms with van der Waals surface area (Å²) in [5.41, 5.74) is 8.41. The molecule has 1 aromatic carbocycles. The number of nitrogens with zero attached hydrogens (tertiary/aromatic N) is 1. The summed E-state index contributed by atoms with van der Waals surface area (Å²) in [6.07, 6.45) is 3.33. The quantitative estimate of drug-likeness (QED) is 0.871. The van der Waals surface area contributed by atoms with Crippen LogP contribution in [0, 0.1) is 0 Å². The molecule has 1 aliphatic rings. The number of hydrogen-bond donors (Lipinski definition) is 1. The van der Waals surface area contributed by atoms with Gasteiger partial charge in [-0.3, -0.25) is 0 Å². The highest BCUT2D eigenvalue weighted by atomic mass is 79.9. The third-order valence-electron chi connectivity index (χ3n) is 3.30. The van der Waals surface area contributed by atoms with Gasteiger partial charge in [0.2, 0.25) is 0 Å². The molecule has 4 heteroatoms. The van der Waals surface area contributed by atoms with E-state index in [4.69, 9.17) is 5.73 Å². The lowest BCUT2D eigenvalue weighted by molar-refractivity contribution is 0.584. The van der Waals surface area contributed by atoms with Crippen molar-refractivity contribution >= 4 is 32.4 Å². The molecular weight excluding hydrogens is 296 g/mol. The SMILES string of the molecule is Nc1nc2c(s1)CC(c1ccc(Br)cc1)CC2. The molecule has 1 atom stereocenters. The fourth-order valence-electron chi connectivity index (χ4n) is 2.41. The van der Waals surface area contributed by atoms with Crippen molar-refractivity contribution in [1.29, 1.82) is 0 Å². The standard InChI is InChI=1S/C13H13BrN2S/c14-10-4-1-8(2-5-10)9-3-6-11-12(7-9)17-13(15)16-11/h1-2,4-5,9H,3,6-7H2,(H2,15,16). The van der Waals surface area contributed by atoms with E-state index in [9.17, 15) is 0 Å². The average Bonchev–Trinajstić information content (AvgIpc) is 2.69. The molecule has 0 spiro atoms. The van der Waals surface area contributed by atoms with Crippen molar-refractivity contribution in [3.05, 3.63) is 44.9 Å². The van der Waals surface area contributed by atoms with Gasteiger partial charge in [-0.05, 0) is 42.9 Å². The highest BCUT2D eigenvalue weighted by Crippen LogP contribution is 2.36. The molecule has 2 nitrogen and oxygen atoms in total. The molecule has 0 saturated heterocycles. The Labute approximate surface area is 113 Å². The number of rotatable bonds is 1. The largest absolute Gasteiger partial charge is 0.375 e. The lowest BCUT2D eigenvalue weighted by Crippen LogP contribution is -2.11. The van der Waals surface area contributed by atoms with Crippen molar-refractivity contribution in [1.82, 2.24) is 4.98 Å². The first-order chi connectivity index (χ1) is 8.22. The van der Waals surface area contributed by atoms with Crippen molar-refractivity contribution in [2.45, 2.75) is 25.2 Å². The van der Waals surface area contributed by atoms with Gasteiger partial charge in [-0.2, -0.15) is 0 Å². The second-order valence-electron chi connectivity index (χ2n) is 4.41. The van der Waals surface area contributed by atoms with Crippen LogP contribution in [0.5, 0.6) is 0 Å². The van der Waals surface area contributed by atoms with E-state index in [1.54, 1.807) is 11.3 Å². The van der Waals surface area contributed by atoms with E-state index in [0.717, 1.165) is 17.3 Å². The van der Waals surface area contributed by atoms with E-state index in [1.165, 1.54) is 22.6 Å². The van der Waals surface area contributed by atoms with E-state index < -0.39 is 0 Å². The molecule has 0 radical (unpaired) electrons. The zero-order valence-corrected chi connectivity index (χ0v) is 11.7. The summed E-state index contributed by atoms with van der Waals surface area (Å²) in [4.78, 5) is 5.76. The first kappa shape index (κ1) is 11.2. The molecule has 3 rings (SSSR count). The van der Waals surface area contributed by atoms with Gasteiger partial charge in [-0.15, -0.1) is 11.3 Å². The van der Waals surface area contributed by atoms with Crippen LogP contribution in [0.25, 0.3) is 0 Å². The molecule has 88 valence electrons. The Hall–Kier alpha value is -0.870. The van der Waals surface area contributed by atoms with Crippen molar-refractivity contribution < 1.29 is 0 Å². The summed E-state index contributed by atoms with van der Waals surface area (Å²) in [5.74, 6) is 0.621. The van der Waals surface area contributed by atoms with Gasteiger partial charge in [0.25, 0.3) is 0 Å². The monoisotopic (exact) mass is 308 g/mol. The zero-order chi connectivity index (χ0) is 11.8. The first-order valence-corrected chi connectivity index (χ1v) is 7.33. The third kappa shape index (κ3) is 2.24. The van der Waals surface area contributed by atoms with Gasteiger partial charge in [0.05, 0.1) is 5.69 Å². The summed E-state index contributed by atoms with van der Waals surface area (Å²) >= 11 is 5.12. The van der Waals surface area contributed by atoms with Crippen molar-refractivity contribution in [2.24, 2.45) is 0 Å². The minimum Gasteiger partial charge on any atom is -0.375 e. The molecule has 0 saturated carbocycles. The van der Waals surface area contributed by atoms with Crippen molar-refractivity contribution in [2.75, 3.05) is 5.73 Å². The number of aromatic nitrogens is 1. The van der Waals surface area contributed by atoms with Crippen molar-refractivity contribution in [3.63, 3.8) is 0 Å². The fraction of sp³-hybridized carbons (Fsp3) is 0.308. The molecule has 0 amide bonds. The van der Waals surface area contributed by atoms with Gasteiger partial charge in [-0.1, -0.05) is 28.1 Å². The third-order valence-corrected chi connectivity index (χ3v) is 4.78. The second-order valence-corrected chi connectivity index (χ2v) is 6.44. The minimum atomic E-state index is 0.621. The molecule has 2 N–H and O–H groups in total. The molecule has 2 aromatic rings. The number of nitrogen functional groups attached to an aromatic ring is 1. The topological polar surface area (TPSA) is 38.9 Å². The van der Waals surface area contributed by atoms with Crippen LogP contribution in [-0.2, 0) is 12.8 Å². The predicted octanol–water partition coefficient (Wildman–Crippen LogP) is 3.76. The summed E-state index contributed by atoms with van der Waals surface area (Å²) in [5, 5.41) is 0.714. The lowest BCUT2D eigenvalue weighted by Gasteiger charge is -2.21. The lowest BCUT2D eigenvalue weighted by atomic mass is 9.85. The number of nitrogens with two attached hydrogens (primary N) is 1. The highest BCUT2D eigenvalue weighted by Gasteiger charge is 2.23. The van der Waals surface area contributed by atoms with Gasteiger partial charge < -0.3 is 5.73 Å². The number of hydrogen-bond acceptors (Lipinski definition) is 3. The number of fused-ring (bicyclic) bond motifs is 1. The van der Waals surface area contributed by atoms with Crippen LogP contribution in [0.3, 0.4) is 0 Å². The Morgan fingerprint density at radius 2 is 2.06 bits per heavy atom. The van der Waals surface area contributed by atoms with Crippen LogP contribution >= 0.6 is 27.3 Å². The number of thiazole rings is 1. The molecule has 17 heavy (non-hydrogen) atoms. The number of halogens is 1. The predicted molar refractivity (Wildman–Crippen MR) is 75.4 cm³/mol. The average molecular weight is 309 g/mol. The molecule has 1 aliphatic carbocycles. The molecule has 1 unspecified atom stereocenters. The first-order valence-electron chi connectivity index (χ1n) is 5.72. The summed E-state index contributed by atoms with van der Waals surface area (Å²) in [7, 11) is 0. The maximum Gasteiger partial charge on any atom is 0.180 e. The van der Waals surface area contributed by atoms with Crippen LogP contribution in [0.2, 0.25) is 0 Å². The van der Waals surface area contributed by atoms with Gasteiger partial charge in [0.1, 0.15) is 0 Å². The van der Waals surface area contributed by atoms with E-state index in [2.05, 4.69) is 45.2 Å². The van der Waals surface area contributed by atoms with E-state index >= 15 is 0 Å². The van der Waals surface area contributed by atoms with Gasteiger partial charge in [-0.25, -0.2) is 4.98 Å². The maximum absolute atomic E-state index is 5.76. The highest BCUT2D eigenvalue weighted by molar-refractivity contribution is 9.10. The van der Waals surface area contributed by atoms with E-state index in [-0.39, 0.29) is 0 Å². The summed E-state index contributed by atoms with van der Waals surface area (Å²) in [6, 6.07) is 8.66. The van der Waals surface area contributed by atoms with Gasteiger partial charge >= 0.3 is 0 Å². The van der Waals surface area contributed by atoms with E-state index in [1.807, 2.05) is 0 Å². The van der Waals surface area contributed by atoms with Crippen LogP contribution in [-0.4, -0.2) is 4.98 Å². The summed E-state index contributed by atoms with van der Waals surface area (Å²) in [6.45, 7) is 0. The second kappa shape index (κ2) is 4.42. The van der Waals surface area contributed by atoms with Crippen LogP contribution in [0.4, 0.5) is 5.13 Å². The minimum absolute atomic E-state index is 0.621.